The van der Waals surface area contributed by atoms with Crippen LogP contribution >= 0.6 is 11.6 Å². The van der Waals surface area contributed by atoms with Crippen LogP contribution in [0.4, 0.5) is 11.5 Å². The molecule has 0 bridgehead atoms. The lowest BCUT2D eigenvalue weighted by Crippen LogP contribution is -2.40. The monoisotopic (exact) mass is 299 g/mol. The Balaban J connectivity index is 1.83. The van der Waals surface area contributed by atoms with Gasteiger partial charge < -0.3 is 15.4 Å². The largest absolute Gasteiger partial charge is 0.383 e. The Morgan fingerprint density at radius 1 is 1.40 bits per heavy atom. The number of morpholine rings is 1. The van der Waals surface area contributed by atoms with Gasteiger partial charge in [-0.25, -0.2) is 9.97 Å². The topological polar surface area (TPSA) is 62.3 Å². The first kappa shape index (κ1) is 15.3. The van der Waals surface area contributed by atoms with E-state index in [1.807, 2.05) is 7.05 Å². The number of nitrogens with zero attached hydrogens (tertiary/aromatic N) is 3. The van der Waals surface area contributed by atoms with E-state index in [0.29, 0.717) is 11.1 Å². The van der Waals surface area contributed by atoms with Gasteiger partial charge in [0.05, 0.1) is 13.2 Å². The van der Waals surface area contributed by atoms with Gasteiger partial charge >= 0.3 is 0 Å². The van der Waals surface area contributed by atoms with E-state index in [1.165, 1.54) is 6.33 Å². The number of ether oxygens (including phenoxy) is 1. The van der Waals surface area contributed by atoms with E-state index in [9.17, 15) is 0 Å². The first-order chi connectivity index (χ1) is 9.70. The zero-order valence-corrected chi connectivity index (χ0v) is 12.8. The number of aromatic nitrogens is 2. The molecule has 0 aromatic carbocycles. The molecule has 0 amide bonds. The van der Waals surface area contributed by atoms with Crippen molar-refractivity contribution in [2.24, 2.45) is 5.92 Å². The van der Waals surface area contributed by atoms with E-state index >= 15 is 0 Å². The molecular weight excluding hydrogens is 278 g/mol. The quantitative estimate of drug-likeness (QED) is 0.777. The highest BCUT2D eigenvalue weighted by atomic mass is 35.5. The molecule has 1 aliphatic rings. The van der Waals surface area contributed by atoms with Gasteiger partial charge in [0.2, 0.25) is 0 Å². The minimum Gasteiger partial charge on any atom is -0.383 e. The fourth-order valence-electron chi connectivity index (χ4n) is 2.28. The Kier molecular flexibility index (Phi) is 5.82. The lowest BCUT2D eigenvalue weighted by atomic mass is 10.1. The Hall–Kier alpha value is -1.11. The average Bonchev–Trinajstić information content (AvgIpc) is 2.46. The normalized spacial score (nSPS) is 17.8. The maximum atomic E-state index is 6.02. The SMILES string of the molecule is CNc1c(Cl)ncnc1NCC(C)CN1CCOCC1. The van der Waals surface area contributed by atoms with Crippen LogP contribution in [0, 0.1) is 5.92 Å². The van der Waals surface area contributed by atoms with Crippen molar-refractivity contribution < 1.29 is 4.74 Å². The molecule has 112 valence electrons. The number of hydrogen-bond donors (Lipinski definition) is 2. The van der Waals surface area contributed by atoms with Crippen LogP contribution < -0.4 is 10.6 Å². The first-order valence-corrected chi connectivity index (χ1v) is 7.30. The van der Waals surface area contributed by atoms with Crippen molar-refractivity contribution in [3.8, 4) is 0 Å². The molecule has 6 nitrogen and oxygen atoms in total. The summed E-state index contributed by atoms with van der Waals surface area (Å²) in [5, 5.41) is 6.80. The third-order valence-corrected chi connectivity index (χ3v) is 3.63. The minimum atomic E-state index is 0.436. The molecule has 2 heterocycles. The maximum Gasteiger partial charge on any atom is 0.157 e. The second-order valence-electron chi connectivity index (χ2n) is 5.04. The molecule has 1 fully saturated rings. The summed E-state index contributed by atoms with van der Waals surface area (Å²) in [5.41, 5.74) is 0.743. The number of nitrogens with one attached hydrogen (secondary N) is 2. The van der Waals surface area contributed by atoms with Gasteiger partial charge in [-0.1, -0.05) is 18.5 Å². The van der Waals surface area contributed by atoms with E-state index in [1.54, 1.807) is 0 Å². The fourth-order valence-corrected chi connectivity index (χ4v) is 2.51. The summed E-state index contributed by atoms with van der Waals surface area (Å²) >= 11 is 6.02. The van der Waals surface area contributed by atoms with Crippen LogP contribution in [0.2, 0.25) is 5.15 Å². The molecule has 1 aromatic heterocycles. The van der Waals surface area contributed by atoms with Crippen molar-refractivity contribution in [1.82, 2.24) is 14.9 Å². The fraction of sp³-hybridized carbons (Fsp3) is 0.692. The average molecular weight is 300 g/mol. The lowest BCUT2D eigenvalue weighted by Gasteiger charge is -2.29. The molecule has 1 atom stereocenters. The van der Waals surface area contributed by atoms with Crippen molar-refractivity contribution in [1.29, 1.82) is 0 Å². The number of rotatable bonds is 6. The Morgan fingerprint density at radius 2 is 2.15 bits per heavy atom. The van der Waals surface area contributed by atoms with Crippen LogP contribution in [-0.2, 0) is 4.74 Å². The van der Waals surface area contributed by atoms with E-state index in [0.717, 1.165) is 50.9 Å². The summed E-state index contributed by atoms with van der Waals surface area (Å²) in [7, 11) is 1.81. The minimum absolute atomic E-state index is 0.436. The summed E-state index contributed by atoms with van der Waals surface area (Å²) in [6.45, 7) is 7.85. The Bertz CT molecular complexity index is 425. The van der Waals surface area contributed by atoms with Gasteiger partial charge in [0.1, 0.15) is 12.0 Å². The molecule has 2 N–H and O–H groups in total. The number of hydrogen-bond acceptors (Lipinski definition) is 6. The van der Waals surface area contributed by atoms with Crippen molar-refractivity contribution in [2.75, 3.05) is 57.1 Å². The van der Waals surface area contributed by atoms with E-state index in [-0.39, 0.29) is 0 Å². The highest BCUT2D eigenvalue weighted by molar-refractivity contribution is 6.32. The number of anilines is 2. The van der Waals surface area contributed by atoms with Crippen molar-refractivity contribution in [3.05, 3.63) is 11.5 Å². The zero-order chi connectivity index (χ0) is 14.4. The predicted octanol–water partition coefficient (Wildman–Crippen LogP) is 1.55. The second-order valence-corrected chi connectivity index (χ2v) is 5.40. The lowest BCUT2D eigenvalue weighted by molar-refractivity contribution is 0.0325. The third-order valence-electron chi connectivity index (χ3n) is 3.34. The van der Waals surface area contributed by atoms with Crippen molar-refractivity contribution in [3.63, 3.8) is 0 Å². The van der Waals surface area contributed by atoms with Crippen LogP contribution in [0.3, 0.4) is 0 Å². The molecule has 7 heteroatoms. The van der Waals surface area contributed by atoms with Crippen LogP contribution in [0.25, 0.3) is 0 Å². The van der Waals surface area contributed by atoms with E-state index in [2.05, 4.69) is 32.4 Å². The zero-order valence-electron chi connectivity index (χ0n) is 12.0. The molecule has 1 saturated heterocycles. The summed E-state index contributed by atoms with van der Waals surface area (Å²) in [4.78, 5) is 10.6. The molecule has 0 saturated carbocycles. The highest BCUT2D eigenvalue weighted by Crippen LogP contribution is 2.25. The van der Waals surface area contributed by atoms with E-state index < -0.39 is 0 Å². The molecule has 20 heavy (non-hydrogen) atoms. The van der Waals surface area contributed by atoms with Crippen LogP contribution in [0.1, 0.15) is 6.92 Å². The molecule has 0 aliphatic carbocycles. The molecule has 2 rings (SSSR count). The second kappa shape index (κ2) is 7.61. The molecule has 0 spiro atoms. The highest BCUT2D eigenvalue weighted by Gasteiger charge is 2.14. The molecular formula is C13H22ClN5O. The number of halogens is 1. The van der Waals surface area contributed by atoms with Crippen LogP contribution in [-0.4, -0.2) is 61.3 Å². The van der Waals surface area contributed by atoms with Gasteiger partial charge in [-0.3, -0.25) is 4.90 Å². The molecule has 1 aromatic rings. The van der Waals surface area contributed by atoms with Crippen LogP contribution in [0.15, 0.2) is 6.33 Å². The Morgan fingerprint density at radius 3 is 2.85 bits per heavy atom. The van der Waals surface area contributed by atoms with Gasteiger partial charge in [0.25, 0.3) is 0 Å². The van der Waals surface area contributed by atoms with Crippen molar-refractivity contribution in [2.45, 2.75) is 6.92 Å². The maximum absolute atomic E-state index is 6.02. The van der Waals surface area contributed by atoms with Crippen LogP contribution in [0.5, 0.6) is 0 Å². The summed E-state index contributed by atoms with van der Waals surface area (Å²) in [6.07, 6.45) is 1.47. The summed E-state index contributed by atoms with van der Waals surface area (Å²) in [5.74, 6) is 1.27. The van der Waals surface area contributed by atoms with Crippen molar-refractivity contribution >= 4 is 23.1 Å². The summed E-state index contributed by atoms with van der Waals surface area (Å²) in [6, 6.07) is 0. The third kappa shape index (κ3) is 4.19. The van der Waals surface area contributed by atoms with Gasteiger partial charge in [-0.2, -0.15) is 0 Å². The Labute approximate surface area is 124 Å². The summed E-state index contributed by atoms with van der Waals surface area (Å²) < 4.78 is 5.36. The predicted molar refractivity (Wildman–Crippen MR) is 81.5 cm³/mol. The molecule has 1 unspecified atom stereocenters. The standard InChI is InChI=1S/C13H22ClN5O/c1-10(8-19-3-5-20-6-4-19)7-16-13-11(15-2)12(14)17-9-18-13/h9-10,15H,3-8H2,1-2H3,(H,16,17,18). The first-order valence-electron chi connectivity index (χ1n) is 6.93. The van der Waals surface area contributed by atoms with Gasteiger partial charge in [-0.15, -0.1) is 0 Å². The molecule has 1 aliphatic heterocycles. The smallest absolute Gasteiger partial charge is 0.157 e. The van der Waals surface area contributed by atoms with Gasteiger partial charge in [0, 0.05) is 33.2 Å². The van der Waals surface area contributed by atoms with Gasteiger partial charge in [0.15, 0.2) is 11.0 Å². The van der Waals surface area contributed by atoms with Gasteiger partial charge in [-0.05, 0) is 5.92 Å². The molecule has 0 radical (unpaired) electrons. The van der Waals surface area contributed by atoms with E-state index in [4.69, 9.17) is 16.3 Å².